The Balaban J connectivity index is 1.91. The molecule has 0 saturated carbocycles. The topological polar surface area (TPSA) is 21.3 Å². The molecule has 1 aliphatic rings. The number of halogens is 2. The van der Waals surface area contributed by atoms with Gasteiger partial charge in [-0.3, -0.25) is 0 Å². The average molecular weight is 241 g/mol. The van der Waals surface area contributed by atoms with Crippen molar-refractivity contribution in [3.8, 4) is 0 Å². The molecule has 1 aromatic carbocycles. The predicted molar refractivity (Wildman–Crippen MR) is 61.9 cm³/mol. The molecule has 17 heavy (non-hydrogen) atoms. The average Bonchev–Trinajstić information content (AvgIpc) is 2.31. The quantitative estimate of drug-likeness (QED) is 0.876. The van der Waals surface area contributed by atoms with Crippen molar-refractivity contribution in [3.05, 3.63) is 35.4 Å². The highest BCUT2D eigenvalue weighted by Crippen LogP contribution is 2.15. The van der Waals surface area contributed by atoms with Crippen molar-refractivity contribution in [2.45, 2.75) is 31.8 Å². The van der Waals surface area contributed by atoms with E-state index in [0.717, 1.165) is 12.5 Å². The third-order valence-corrected chi connectivity index (χ3v) is 3.00. The Hall–Kier alpha value is -1.00. The van der Waals surface area contributed by atoms with Crippen LogP contribution in [0.5, 0.6) is 0 Å². The molecule has 1 saturated heterocycles. The van der Waals surface area contributed by atoms with Gasteiger partial charge in [0.15, 0.2) is 11.6 Å². The summed E-state index contributed by atoms with van der Waals surface area (Å²) in [5, 5.41) is 3.38. The fourth-order valence-corrected chi connectivity index (χ4v) is 2.12. The second-order valence-electron chi connectivity index (χ2n) is 4.55. The van der Waals surface area contributed by atoms with Gasteiger partial charge >= 0.3 is 0 Å². The lowest BCUT2D eigenvalue weighted by Gasteiger charge is -2.29. The molecule has 2 atom stereocenters. The van der Waals surface area contributed by atoms with E-state index in [4.69, 9.17) is 4.74 Å². The Labute approximate surface area is 100.0 Å². The van der Waals surface area contributed by atoms with Gasteiger partial charge in [-0.05, 0) is 31.4 Å². The van der Waals surface area contributed by atoms with E-state index in [1.165, 1.54) is 0 Å². The van der Waals surface area contributed by atoms with Gasteiger partial charge in [0, 0.05) is 12.1 Å². The number of rotatable bonds is 3. The highest BCUT2D eigenvalue weighted by atomic mass is 19.2. The van der Waals surface area contributed by atoms with Gasteiger partial charge in [-0.25, -0.2) is 8.78 Å². The largest absolute Gasteiger partial charge is 0.378 e. The standard InChI is InChI=1S/C13H17F2NO/c1-9-7-17-8-11(16-9)6-5-10-3-2-4-12(14)13(10)15/h2-4,9,11,16H,5-8H2,1H3. The molecular formula is C13H17F2NO. The Morgan fingerprint density at radius 3 is 2.94 bits per heavy atom. The Morgan fingerprint density at radius 2 is 2.18 bits per heavy atom. The molecule has 0 spiro atoms. The molecule has 1 fully saturated rings. The lowest BCUT2D eigenvalue weighted by atomic mass is 10.0. The number of hydrogen-bond donors (Lipinski definition) is 1. The van der Waals surface area contributed by atoms with Crippen molar-refractivity contribution >= 4 is 0 Å². The smallest absolute Gasteiger partial charge is 0.162 e. The van der Waals surface area contributed by atoms with Gasteiger partial charge in [-0.2, -0.15) is 0 Å². The molecule has 0 radical (unpaired) electrons. The van der Waals surface area contributed by atoms with Crippen LogP contribution >= 0.6 is 0 Å². The van der Waals surface area contributed by atoms with Crippen molar-refractivity contribution in [2.75, 3.05) is 13.2 Å². The van der Waals surface area contributed by atoms with E-state index in [1.54, 1.807) is 12.1 Å². The third kappa shape index (κ3) is 3.23. The summed E-state index contributed by atoms with van der Waals surface area (Å²) in [4.78, 5) is 0. The van der Waals surface area contributed by atoms with Crippen LogP contribution in [0.4, 0.5) is 8.78 Å². The maximum atomic E-state index is 13.4. The van der Waals surface area contributed by atoms with Gasteiger partial charge in [-0.1, -0.05) is 12.1 Å². The second-order valence-corrected chi connectivity index (χ2v) is 4.55. The summed E-state index contributed by atoms with van der Waals surface area (Å²) in [5.74, 6) is -1.50. The molecule has 2 nitrogen and oxygen atoms in total. The molecule has 0 aliphatic carbocycles. The number of nitrogens with one attached hydrogen (secondary N) is 1. The Bertz CT molecular complexity index is 384. The van der Waals surface area contributed by atoms with Gasteiger partial charge in [0.05, 0.1) is 13.2 Å². The molecule has 1 N–H and O–H groups in total. The molecule has 2 rings (SSSR count). The van der Waals surface area contributed by atoms with Gasteiger partial charge < -0.3 is 10.1 Å². The zero-order chi connectivity index (χ0) is 12.3. The maximum absolute atomic E-state index is 13.4. The van der Waals surface area contributed by atoms with Gasteiger partial charge in [0.1, 0.15) is 0 Å². The van der Waals surface area contributed by atoms with Crippen molar-refractivity contribution in [1.82, 2.24) is 5.32 Å². The van der Waals surface area contributed by atoms with Crippen molar-refractivity contribution in [2.24, 2.45) is 0 Å². The molecule has 0 aromatic heterocycles. The van der Waals surface area contributed by atoms with Crippen LogP contribution in [0.25, 0.3) is 0 Å². The van der Waals surface area contributed by atoms with Crippen LogP contribution in [-0.2, 0) is 11.2 Å². The minimum absolute atomic E-state index is 0.224. The summed E-state index contributed by atoms with van der Waals surface area (Å²) in [6.45, 7) is 3.40. The van der Waals surface area contributed by atoms with E-state index in [0.29, 0.717) is 31.2 Å². The summed E-state index contributed by atoms with van der Waals surface area (Å²) in [6, 6.07) is 4.86. The SMILES string of the molecule is CC1COCC(CCc2cccc(F)c2F)N1. The van der Waals surface area contributed by atoms with Crippen LogP contribution in [-0.4, -0.2) is 25.3 Å². The van der Waals surface area contributed by atoms with E-state index in [9.17, 15) is 8.78 Å². The zero-order valence-electron chi connectivity index (χ0n) is 9.88. The first kappa shape index (κ1) is 12.5. The van der Waals surface area contributed by atoms with Gasteiger partial charge in [0.2, 0.25) is 0 Å². The van der Waals surface area contributed by atoms with Gasteiger partial charge in [0.25, 0.3) is 0 Å². The van der Waals surface area contributed by atoms with Crippen LogP contribution in [0.15, 0.2) is 18.2 Å². The van der Waals surface area contributed by atoms with E-state index in [2.05, 4.69) is 12.2 Å². The summed E-state index contributed by atoms with van der Waals surface area (Å²) >= 11 is 0. The van der Waals surface area contributed by atoms with Crippen molar-refractivity contribution in [3.63, 3.8) is 0 Å². The van der Waals surface area contributed by atoms with E-state index < -0.39 is 11.6 Å². The van der Waals surface area contributed by atoms with Crippen LogP contribution < -0.4 is 5.32 Å². The first-order valence-corrected chi connectivity index (χ1v) is 5.93. The Kier molecular flexibility index (Phi) is 4.07. The van der Waals surface area contributed by atoms with E-state index >= 15 is 0 Å². The minimum Gasteiger partial charge on any atom is -0.378 e. The summed E-state index contributed by atoms with van der Waals surface area (Å²) < 4.78 is 31.8. The molecule has 94 valence electrons. The molecule has 1 aromatic rings. The monoisotopic (exact) mass is 241 g/mol. The fourth-order valence-electron chi connectivity index (χ4n) is 2.12. The molecule has 1 aliphatic heterocycles. The number of ether oxygens (including phenoxy) is 1. The van der Waals surface area contributed by atoms with Crippen LogP contribution in [0.1, 0.15) is 18.9 Å². The number of benzene rings is 1. The molecule has 2 unspecified atom stereocenters. The molecular weight excluding hydrogens is 224 g/mol. The lowest BCUT2D eigenvalue weighted by Crippen LogP contribution is -2.47. The summed E-state index contributed by atoms with van der Waals surface area (Å²) in [6.07, 6.45) is 1.28. The highest BCUT2D eigenvalue weighted by molar-refractivity contribution is 5.19. The van der Waals surface area contributed by atoms with Gasteiger partial charge in [-0.15, -0.1) is 0 Å². The van der Waals surface area contributed by atoms with Crippen LogP contribution in [0, 0.1) is 11.6 Å². The molecule has 0 amide bonds. The first-order chi connectivity index (χ1) is 8.16. The normalized spacial score (nSPS) is 24.9. The second kappa shape index (κ2) is 5.56. The molecule has 4 heteroatoms. The van der Waals surface area contributed by atoms with Crippen LogP contribution in [0.2, 0.25) is 0 Å². The lowest BCUT2D eigenvalue weighted by molar-refractivity contribution is 0.0482. The predicted octanol–water partition coefficient (Wildman–Crippen LogP) is 2.27. The zero-order valence-corrected chi connectivity index (χ0v) is 9.88. The van der Waals surface area contributed by atoms with Crippen LogP contribution in [0.3, 0.4) is 0 Å². The summed E-state index contributed by atoms with van der Waals surface area (Å²) in [5.41, 5.74) is 0.435. The Morgan fingerprint density at radius 1 is 1.35 bits per heavy atom. The number of morpholine rings is 1. The molecule has 0 bridgehead atoms. The molecule has 1 heterocycles. The maximum Gasteiger partial charge on any atom is 0.162 e. The summed E-state index contributed by atoms with van der Waals surface area (Å²) in [7, 11) is 0. The number of aryl methyl sites for hydroxylation is 1. The fraction of sp³-hybridized carbons (Fsp3) is 0.538. The number of hydrogen-bond acceptors (Lipinski definition) is 2. The van der Waals surface area contributed by atoms with E-state index in [1.807, 2.05) is 0 Å². The first-order valence-electron chi connectivity index (χ1n) is 5.93. The van der Waals surface area contributed by atoms with Crippen molar-refractivity contribution < 1.29 is 13.5 Å². The minimum atomic E-state index is -0.774. The van der Waals surface area contributed by atoms with Crippen molar-refractivity contribution in [1.29, 1.82) is 0 Å². The highest BCUT2D eigenvalue weighted by Gasteiger charge is 2.18. The third-order valence-electron chi connectivity index (χ3n) is 3.00. The van der Waals surface area contributed by atoms with E-state index in [-0.39, 0.29) is 6.04 Å².